The number of rotatable bonds is 9. The van der Waals surface area contributed by atoms with Crippen molar-refractivity contribution in [1.82, 2.24) is 10.2 Å². The highest BCUT2D eigenvalue weighted by Gasteiger charge is 2.00. The normalized spacial score (nSPS) is 11.1. The van der Waals surface area contributed by atoms with Crippen molar-refractivity contribution in [2.24, 2.45) is 0 Å². The van der Waals surface area contributed by atoms with E-state index in [1.807, 2.05) is 0 Å². The zero-order valence-electron chi connectivity index (χ0n) is 11.3. The van der Waals surface area contributed by atoms with E-state index >= 15 is 0 Å². The van der Waals surface area contributed by atoms with E-state index in [1.54, 1.807) is 7.11 Å². The molecule has 3 nitrogen and oxygen atoms in total. The lowest BCUT2D eigenvalue weighted by molar-refractivity contribution is 0.194. The largest absolute Gasteiger partial charge is 0.385 e. The smallest absolute Gasteiger partial charge is 0.0474 e. The van der Waals surface area contributed by atoms with Crippen molar-refractivity contribution >= 4 is 15.9 Å². The predicted molar refractivity (Wildman–Crippen MR) is 79.8 cm³/mol. The van der Waals surface area contributed by atoms with Gasteiger partial charge in [0.25, 0.3) is 0 Å². The maximum Gasteiger partial charge on any atom is 0.0474 e. The van der Waals surface area contributed by atoms with Gasteiger partial charge in [0.15, 0.2) is 0 Å². The van der Waals surface area contributed by atoms with Crippen LogP contribution in [-0.2, 0) is 11.3 Å². The first-order valence-corrected chi connectivity index (χ1v) is 7.14. The van der Waals surface area contributed by atoms with Crippen molar-refractivity contribution in [2.75, 3.05) is 40.4 Å². The van der Waals surface area contributed by atoms with E-state index in [0.29, 0.717) is 0 Å². The van der Waals surface area contributed by atoms with Crippen LogP contribution in [-0.4, -0.2) is 45.3 Å². The van der Waals surface area contributed by atoms with Crippen LogP contribution in [0.25, 0.3) is 0 Å². The summed E-state index contributed by atoms with van der Waals surface area (Å²) in [4.78, 5) is 2.32. The van der Waals surface area contributed by atoms with Gasteiger partial charge in [-0.1, -0.05) is 28.1 Å². The molecular formula is C14H23BrN2O. The third-order valence-electron chi connectivity index (χ3n) is 2.71. The Hall–Kier alpha value is -0.420. The molecule has 0 amide bonds. The topological polar surface area (TPSA) is 24.5 Å². The molecule has 0 unspecified atom stereocenters. The summed E-state index contributed by atoms with van der Waals surface area (Å²) in [6.45, 7) is 4.92. The standard InChI is InChI=1S/C14H23BrN2O/c1-17(9-8-16-7-4-10-18-2)12-13-5-3-6-14(15)11-13/h3,5-6,11,16H,4,7-10,12H2,1-2H3. The van der Waals surface area contributed by atoms with Gasteiger partial charge in [-0.15, -0.1) is 0 Å². The van der Waals surface area contributed by atoms with Crippen LogP contribution in [0.4, 0.5) is 0 Å². The summed E-state index contributed by atoms with van der Waals surface area (Å²) < 4.78 is 6.15. The van der Waals surface area contributed by atoms with E-state index in [2.05, 4.69) is 57.5 Å². The summed E-state index contributed by atoms with van der Waals surface area (Å²) in [5.41, 5.74) is 1.34. The zero-order chi connectivity index (χ0) is 13.2. The summed E-state index contributed by atoms with van der Waals surface area (Å²) in [6.07, 6.45) is 1.08. The third kappa shape index (κ3) is 7.11. The maximum absolute atomic E-state index is 5.00. The second-order valence-electron chi connectivity index (χ2n) is 4.46. The molecule has 0 aliphatic carbocycles. The monoisotopic (exact) mass is 314 g/mol. The Morgan fingerprint density at radius 1 is 1.33 bits per heavy atom. The molecule has 1 aromatic rings. The molecule has 1 rings (SSSR count). The highest BCUT2D eigenvalue weighted by Crippen LogP contribution is 2.12. The van der Waals surface area contributed by atoms with Crippen LogP contribution in [0, 0.1) is 0 Å². The Morgan fingerprint density at radius 3 is 2.89 bits per heavy atom. The van der Waals surface area contributed by atoms with Gasteiger partial charge in [-0.05, 0) is 37.7 Å². The lowest BCUT2D eigenvalue weighted by Crippen LogP contribution is -2.29. The highest BCUT2D eigenvalue weighted by atomic mass is 79.9. The Kier molecular flexibility index (Phi) is 8.25. The van der Waals surface area contributed by atoms with Crippen molar-refractivity contribution in [1.29, 1.82) is 0 Å². The van der Waals surface area contributed by atoms with Crippen LogP contribution in [0.2, 0.25) is 0 Å². The van der Waals surface area contributed by atoms with Crippen LogP contribution in [0.1, 0.15) is 12.0 Å². The van der Waals surface area contributed by atoms with E-state index in [0.717, 1.165) is 43.7 Å². The zero-order valence-corrected chi connectivity index (χ0v) is 12.9. The van der Waals surface area contributed by atoms with Crippen molar-refractivity contribution in [3.63, 3.8) is 0 Å². The second kappa shape index (κ2) is 9.50. The van der Waals surface area contributed by atoms with Gasteiger partial charge < -0.3 is 15.0 Å². The lowest BCUT2D eigenvalue weighted by atomic mass is 10.2. The molecular weight excluding hydrogens is 292 g/mol. The number of hydrogen-bond donors (Lipinski definition) is 1. The van der Waals surface area contributed by atoms with Crippen molar-refractivity contribution in [2.45, 2.75) is 13.0 Å². The Balaban J connectivity index is 2.12. The Bertz CT molecular complexity index is 333. The molecule has 0 saturated carbocycles. The molecule has 102 valence electrons. The summed E-state index contributed by atoms with van der Waals surface area (Å²) in [5.74, 6) is 0. The maximum atomic E-state index is 5.00. The molecule has 0 radical (unpaired) electrons. The van der Waals surface area contributed by atoms with Crippen LogP contribution in [0.3, 0.4) is 0 Å². The van der Waals surface area contributed by atoms with E-state index in [-0.39, 0.29) is 0 Å². The number of halogens is 1. The number of ether oxygens (including phenoxy) is 1. The quantitative estimate of drug-likeness (QED) is 0.709. The predicted octanol–water partition coefficient (Wildman–Crippen LogP) is 2.51. The number of benzene rings is 1. The number of methoxy groups -OCH3 is 1. The SMILES string of the molecule is COCCCNCCN(C)Cc1cccc(Br)c1. The van der Waals surface area contributed by atoms with Crippen LogP contribution in [0.15, 0.2) is 28.7 Å². The van der Waals surface area contributed by atoms with Crippen molar-refractivity contribution in [3.8, 4) is 0 Å². The van der Waals surface area contributed by atoms with E-state index in [4.69, 9.17) is 4.74 Å². The fourth-order valence-electron chi connectivity index (χ4n) is 1.76. The van der Waals surface area contributed by atoms with Gasteiger partial charge in [-0.3, -0.25) is 0 Å². The molecule has 0 atom stereocenters. The molecule has 0 fully saturated rings. The third-order valence-corrected chi connectivity index (χ3v) is 3.21. The Labute approximate surface area is 119 Å². The molecule has 1 aromatic carbocycles. The van der Waals surface area contributed by atoms with Gasteiger partial charge in [0.1, 0.15) is 0 Å². The summed E-state index contributed by atoms with van der Waals surface area (Å²) in [5, 5.41) is 3.42. The van der Waals surface area contributed by atoms with Gasteiger partial charge in [-0.25, -0.2) is 0 Å². The molecule has 0 aliphatic heterocycles. The lowest BCUT2D eigenvalue weighted by Gasteiger charge is -2.17. The molecule has 0 heterocycles. The molecule has 1 N–H and O–H groups in total. The minimum atomic E-state index is 0.834. The van der Waals surface area contributed by atoms with Gasteiger partial charge in [-0.2, -0.15) is 0 Å². The number of likely N-dealkylation sites (N-methyl/N-ethyl adjacent to an activating group) is 1. The van der Waals surface area contributed by atoms with Gasteiger partial charge in [0.05, 0.1) is 0 Å². The highest BCUT2D eigenvalue weighted by molar-refractivity contribution is 9.10. The molecule has 0 aliphatic rings. The van der Waals surface area contributed by atoms with E-state index < -0.39 is 0 Å². The average molecular weight is 315 g/mol. The van der Waals surface area contributed by atoms with Crippen LogP contribution in [0.5, 0.6) is 0 Å². The van der Waals surface area contributed by atoms with Gasteiger partial charge in [0, 0.05) is 37.8 Å². The second-order valence-corrected chi connectivity index (χ2v) is 5.38. The molecule has 0 aromatic heterocycles. The van der Waals surface area contributed by atoms with E-state index in [1.165, 1.54) is 5.56 Å². The van der Waals surface area contributed by atoms with Gasteiger partial charge >= 0.3 is 0 Å². The summed E-state index contributed by atoms with van der Waals surface area (Å²) in [7, 11) is 3.89. The van der Waals surface area contributed by atoms with Crippen LogP contribution < -0.4 is 5.32 Å². The van der Waals surface area contributed by atoms with Crippen LogP contribution >= 0.6 is 15.9 Å². The first-order valence-electron chi connectivity index (χ1n) is 6.35. The van der Waals surface area contributed by atoms with Gasteiger partial charge in [0.2, 0.25) is 0 Å². The van der Waals surface area contributed by atoms with Crippen molar-refractivity contribution < 1.29 is 4.74 Å². The summed E-state index contributed by atoms with van der Waals surface area (Å²) >= 11 is 3.50. The first kappa shape index (κ1) is 15.6. The van der Waals surface area contributed by atoms with Crippen molar-refractivity contribution in [3.05, 3.63) is 34.3 Å². The Morgan fingerprint density at radius 2 is 2.17 bits per heavy atom. The number of nitrogens with one attached hydrogen (secondary N) is 1. The number of nitrogens with zero attached hydrogens (tertiary/aromatic N) is 1. The number of hydrogen-bond acceptors (Lipinski definition) is 3. The minimum absolute atomic E-state index is 0.834. The molecule has 18 heavy (non-hydrogen) atoms. The molecule has 4 heteroatoms. The summed E-state index contributed by atoms with van der Waals surface area (Å²) in [6, 6.07) is 8.47. The fraction of sp³-hybridized carbons (Fsp3) is 0.571. The fourth-order valence-corrected chi connectivity index (χ4v) is 2.21. The first-order chi connectivity index (χ1) is 8.72. The molecule has 0 bridgehead atoms. The minimum Gasteiger partial charge on any atom is -0.385 e. The molecule has 0 saturated heterocycles. The average Bonchev–Trinajstić information content (AvgIpc) is 2.33. The van der Waals surface area contributed by atoms with E-state index in [9.17, 15) is 0 Å². The molecule has 0 spiro atoms.